The third-order valence-electron chi connectivity index (χ3n) is 4.16. The van der Waals surface area contributed by atoms with Crippen LogP contribution in [0.1, 0.15) is 49.5 Å². The Morgan fingerprint density at radius 3 is 2.30 bits per heavy atom. The van der Waals surface area contributed by atoms with Crippen LogP contribution < -0.4 is 0 Å². The maximum absolute atomic E-state index is 12.6. The van der Waals surface area contributed by atoms with E-state index in [-0.39, 0.29) is 29.5 Å². The maximum Gasteiger partial charge on any atom is 0.309 e. The van der Waals surface area contributed by atoms with E-state index in [1.54, 1.807) is 26.0 Å². The zero-order valence-corrected chi connectivity index (χ0v) is 13.8. The van der Waals surface area contributed by atoms with E-state index >= 15 is 0 Å². The summed E-state index contributed by atoms with van der Waals surface area (Å²) in [6.45, 7) is 5.82. The molecule has 1 aliphatic rings. The van der Waals surface area contributed by atoms with E-state index in [1.165, 1.54) is 0 Å². The second-order valence-electron chi connectivity index (χ2n) is 5.82. The molecule has 0 heterocycles. The van der Waals surface area contributed by atoms with Crippen molar-refractivity contribution in [1.82, 2.24) is 0 Å². The minimum atomic E-state index is -0.471. The summed E-state index contributed by atoms with van der Waals surface area (Å²) in [4.78, 5) is 36.8. The topological polar surface area (TPSA) is 60.4 Å². The average Bonchev–Trinajstić information content (AvgIpc) is 2.54. The molecule has 122 valence electrons. The average molecular weight is 314 g/mol. The number of esters is 1. The summed E-state index contributed by atoms with van der Waals surface area (Å²) in [5.74, 6) is -1.35. The Bertz CT molecular complexity index is 652. The molecule has 4 heteroatoms. The van der Waals surface area contributed by atoms with E-state index in [2.05, 4.69) is 0 Å². The first-order valence-corrected chi connectivity index (χ1v) is 8.01. The predicted octanol–water partition coefficient (Wildman–Crippen LogP) is 3.29. The largest absolute Gasteiger partial charge is 0.466 e. The standard InChI is InChI=1S/C19H22O4/c1-4-13-6-8-14(9-7-13)18(21)17-12(3)10-15(11-16(17)20)19(22)23-5-2/h6-9,15H,4-5,10-11H2,1-3H3. The molecule has 0 aliphatic heterocycles. The molecule has 1 aliphatic carbocycles. The molecule has 2 rings (SSSR count). The molecule has 0 N–H and O–H groups in total. The van der Waals surface area contributed by atoms with Crippen molar-refractivity contribution in [3.63, 3.8) is 0 Å². The number of rotatable bonds is 5. The molecular weight excluding hydrogens is 292 g/mol. The van der Waals surface area contributed by atoms with Gasteiger partial charge in [-0.25, -0.2) is 0 Å². The van der Waals surface area contributed by atoms with Crippen molar-refractivity contribution < 1.29 is 19.1 Å². The highest BCUT2D eigenvalue weighted by molar-refractivity contribution is 6.27. The SMILES string of the molecule is CCOC(=O)C1CC(=O)C(C(=O)c2ccc(CC)cc2)=C(C)C1. The summed E-state index contributed by atoms with van der Waals surface area (Å²) in [7, 11) is 0. The van der Waals surface area contributed by atoms with Crippen molar-refractivity contribution in [2.24, 2.45) is 5.92 Å². The lowest BCUT2D eigenvalue weighted by molar-refractivity contribution is -0.149. The molecule has 23 heavy (non-hydrogen) atoms. The van der Waals surface area contributed by atoms with Gasteiger partial charge in [0, 0.05) is 12.0 Å². The van der Waals surface area contributed by atoms with Gasteiger partial charge in [-0.2, -0.15) is 0 Å². The number of hydrogen-bond donors (Lipinski definition) is 0. The van der Waals surface area contributed by atoms with Crippen LogP contribution in [0.4, 0.5) is 0 Å². The molecule has 0 spiro atoms. The van der Waals surface area contributed by atoms with Crippen molar-refractivity contribution in [1.29, 1.82) is 0 Å². The Morgan fingerprint density at radius 2 is 1.78 bits per heavy atom. The monoisotopic (exact) mass is 314 g/mol. The van der Waals surface area contributed by atoms with Crippen molar-refractivity contribution in [3.8, 4) is 0 Å². The van der Waals surface area contributed by atoms with Gasteiger partial charge in [-0.15, -0.1) is 0 Å². The summed E-state index contributed by atoms with van der Waals surface area (Å²) in [5, 5.41) is 0. The Balaban J connectivity index is 2.23. The highest BCUT2D eigenvalue weighted by Gasteiger charge is 2.34. The van der Waals surface area contributed by atoms with Gasteiger partial charge in [0.05, 0.1) is 18.1 Å². The summed E-state index contributed by atoms with van der Waals surface area (Å²) < 4.78 is 4.99. The normalized spacial score (nSPS) is 18.0. The summed E-state index contributed by atoms with van der Waals surface area (Å²) in [5.41, 5.74) is 2.56. The molecule has 0 aromatic heterocycles. The Labute approximate surface area is 136 Å². The summed E-state index contributed by atoms with van der Waals surface area (Å²) in [6, 6.07) is 7.31. The molecule has 0 fully saturated rings. The van der Waals surface area contributed by atoms with E-state index in [0.717, 1.165) is 12.0 Å². The van der Waals surface area contributed by atoms with E-state index in [4.69, 9.17) is 4.74 Å². The smallest absolute Gasteiger partial charge is 0.309 e. The first-order valence-electron chi connectivity index (χ1n) is 8.01. The van der Waals surface area contributed by atoms with Gasteiger partial charge in [0.15, 0.2) is 11.6 Å². The van der Waals surface area contributed by atoms with Crippen LogP contribution in [0, 0.1) is 5.92 Å². The number of allylic oxidation sites excluding steroid dienone is 2. The molecule has 0 amide bonds. The van der Waals surface area contributed by atoms with Gasteiger partial charge in [0.25, 0.3) is 0 Å². The number of Topliss-reactive ketones (excluding diaryl/α,β-unsaturated/α-hetero) is 2. The van der Waals surface area contributed by atoms with Crippen LogP contribution in [0.25, 0.3) is 0 Å². The third kappa shape index (κ3) is 3.76. The Kier molecular flexibility index (Phi) is 5.48. The maximum atomic E-state index is 12.6. The molecule has 0 bridgehead atoms. The highest BCUT2D eigenvalue weighted by Crippen LogP contribution is 2.30. The molecule has 1 atom stereocenters. The van der Waals surface area contributed by atoms with E-state index in [0.29, 0.717) is 24.2 Å². The summed E-state index contributed by atoms with van der Waals surface area (Å²) in [6.07, 6.45) is 1.35. The second-order valence-corrected chi connectivity index (χ2v) is 5.82. The fourth-order valence-corrected chi connectivity index (χ4v) is 2.89. The Hall–Kier alpha value is -2.23. The zero-order valence-electron chi connectivity index (χ0n) is 13.8. The number of carbonyl (C=O) groups is 3. The van der Waals surface area contributed by atoms with Crippen LogP contribution in [0.15, 0.2) is 35.4 Å². The number of carbonyl (C=O) groups excluding carboxylic acids is 3. The highest BCUT2D eigenvalue weighted by atomic mass is 16.5. The number of ketones is 2. The summed E-state index contributed by atoms with van der Waals surface area (Å²) >= 11 is 0. The van der Waals surface area contributed by atoms with Gasteiger partial charge in [-0.1, -0.05) is 36.8 Å². The van der Waals surface area contributed by atoms with Gasteiger partial charge in [-0.05, 0) is 32.3 Å². The molecule has 0 saturated heterocycles. The van der Waals surface area contributed by atoms with Crippen LogP contribution in [0.3, 0.4) is 0 Å². The van der Waals surface area contributed by atoms with E-state index in [1.807, 2.05) is 19.1 Å². The predicted molar refractivity (Wildman–Crippen MR) is 87.2 cm³/mol. The van der Waals surface area contributed by atoms with E-state index in [9.17, 15) is 14.4 Å². The minimum absolute atomic E-state index is 0.0459. The van der Waals surface area contributed by atoms with Crippen molar-refractivity contribution in [3.05, 3.63) is 46.5 Å². The molecule has 1 aromatic rings. The molecule has 1 aromatic carbocycles. The zero-order chi connectivity index (χ0) is 17.0. The lowest BCUT2D eigenvalue weighted by atomic mass is 9.81. The van der Waals surface area contributed by atoms with Crippen LogP contribution in [-0.4, -0.2) is 24.1 Å². The van der Waals surface area contributed by atoms with Gasteiger partial charge in [0.1, 0.15) is 0 Å². The molecular formula is C19H22O4. The number of benzene rings is 1. The number of aryl methyl sites for hydroxylation is 1. The number of hydrogen-bond acceptors (Lipinski definition) is 4. The first-order chi connectivity index (χ1) is 11.0. The lowest BCUT2D eigenvalue weighted by Crippen LogP contribution is -2.29. The quantitative estimate of drug-likeness (QED) is 0.475. The number of ether oxygens (including phenoxy) is 1. The van der Waals surface area contributed by atoms with Crippen LogP contribution in [-0.2, 0) is 20.7 Å². The van der Waals surface area contributed by atoms with Crippen LogP contribution in [0.5, 0.6) is 0 Å². The van der Waals surface area contributed by atoms with Crippen molar-refractivity contribution >= 4 is 17.5 Å². The second kappa shape index (κ2) is 7.36. The fourth-order valence-electron chi connectivity index (χ4n) is 2.89. The van der Waals surface area contributed by atoms with Crippen molar-refractivity contribution in [2.45, 2.75) is 40.0 Å². The third-order valence-corrected chi connectivity index (χ3v) is 4.16. The fraction of sp³-hybridized carbons (Fsp3) is 0.421. The van der Waals surface area contributed by atoms with Gasteiger partial charge in [-0.3, -0.25) is 14.4 Å². The van der Waals surface area contributed by atoms with E-state index < -0.39 is 5.92 Å². The lowest BCUT2D eigenvalue weighted by Gasteiger charge is -2.22. The van der Waals surface area contributed by atoms with Crippen molar-refractivity contribution in [2.75, 3.05) is 6.61 Å². The van der Waals surface area contributed by atoms with Gasteiger partial charge >= 0.3 is 5.97 Å². The molecule has 0 saturated carbocycles. The van der Waals surface area contributed by atoms with Crippen LogP contribution >= 0.6 is 0 Å². The van der Waals surface area contributed by atoms with Gasteiger partial charge < -0.3 is 4.74 Å². The Morgan fingerprint density at radius 1 is 1.13 bits per heavy atom. The van der Waals surface area contributed by atoms with Crippen LogP contribution in [0.2, 0.25) is 0 Å². The molecule has 1 unspecified atom stereocenters. The minimum Gasteiger partial charge on any atom is -0.466 e. The molecule has 4 nitrogen and oxygen atoms in total. The van der Waals surface area contributed by atoms with Gasteiger partial charge in [0.2, 0.25) is 0 Å². The first kappa shape index (κ1) is 17.1. The molecule has 0 radical (unpaired) electrons.